The number of halogens is 1. The molecule has 0 radical (unpaired) electrons. The van der Waals surface area contributed by atoms with Crippen molar-refractivity contribution in [3.63, 3.8) is 0 Å². The van der Waals surface area contributed by atoms with Crippen LogP contribution in [0.25, 0.3) is 0 Å². The highest BCUT2D eigenvalue weighted by atomic mass is 32.2. The number of anilines is 1. The Balaban J connectivity index is 2.17. The minimum atomic E-state index is -3.90. The summed E-state index contributed by atoms with van der Waals surface area (Å²) >= 11 is 0. The maximum Gasteiger partial charge on any atom is 0.243 e. The Bertz CT molecular complexity index is 712. The number of nitrogens with two attached hydrogens (primary N) is 1. The van der Waals surface area contributed by atoms with Gasteiger partial charge in [-0.3, -0.25) is 0 Å². The molecular weight excluding hydrogens is 279 g/mol. The largest absolute Gasteiger partial charge is 0.399 e. The third kappa shape index (κ3) is 3.34. The maximum atomic E-state index is 13.6. The number of hydrogen-bond acceptors (Lipinski definition) is 3. The van der Waals surface area contributed by atoms with E-state index < -0.39 is 20.7 Å². The smallest absolute Gasteiger partial charge is 0.243 e. The van der Waals surface area contributed by atoms with Gasteiger partial charge in [-0.1, -0.05) is 29.8 Å². The van der Waals surface area contributed by atoms with Gasteiger partial charge in [0.25, 0.3) is 0 Å². The summed E-state index contributed by atoms with van der Waals surface area (Å²) in [5.74, 6) is -0.860. The van der Waals surface area contributed by atoms with Gasteiger partial charge in [-0.2, -0.15) is 0 Å². The molecule has 0 aliphatic rings. The van der Waals surface area contributed by atoms with E-state index >= 15 is 0 Å². The van der Waals surface area contributed by atoms with Crippen molar-refractivity contribution < 1.29 is 12.8 Å². The van der Waals surface area contributed by atoms with Crippen LogP contribution in [0.5, 0.6) is 0 Å². The molecule has 0 aliphatic carbocycles. The fourth-order valence-corrected chi connectivity index (χ4v) is 2.77. The van der Waals surface area contributed by atoms with Gasteiger partial charge in [0.1, 0.15) is 10.7 Å². The summed E-state index contributed by atoms with van der Waals surface area (Å²) in [7, 11) is -3.90. The van der Waals surface area contributed by atoms with E-state index in [4.69, 9.17) is 5.73 Å². The van der Waals surface area contributed by atoms with Gasteiger partial charge >= 0.3 is 0 Å². The van der Waals surface area contributed by atoms with Crippen molar-refractivity contribution in [3.8, 4) is 0 Å². The highest BCUT2D eigenvalue weighted by molar-refractivity contribution is 7.89. The zero-order valence-corrected chi connectivity index (χ0v) is 11.7. The molecule has 0 bridgehead atoms. The average molecular weight is 294 g/mol. The quantitative estimate of drug-likeness (QED) is 0.849. The summed E-state index contributed by atoms with van der Waals surface area (Å²) in [6.07, 6.45) is 0. The van der Waals surface area contributed by atoms with Crippen molar-refractivity contribution in [1.82, 2.24) is 4.72 Å². The second-order valence-electron chi connectivity index (χ2n) is 4.50. The van der Waals surface area contributed by atoms with Crippen LogP contribution in [0.3, 0.4) is 0 Å². The minimum Gasteiger partial charge on any atom is -0.399 e. The molecule has 0 spiro atoms. The number of sulfonamides is 1. The average Bonchev–Trinajstić information content (AvgIpc) is 2.37. The van der Waals surface area contributed by atoms with Crippen molar-refractivity contribution in [1.29, 1.82) is 0 Å². The van der Waals surface area contributed by atoms with Gasteiger partial charge < -0.3 is 5.73 Å². The van der Waals surface area contributed by atoms with Crippen LogP contribution in [0.2, 0.25) is 0 Å². The van der Waals surface area contributed by atoms with E-state index in [0.717, 1.165) is 23.3 Å². The lowest BCUT2D eigenvalue weighted by Crippen LogP contribution is -2.24. The molecule has 0 atom stereocenters. The van der Waals surface area contributed by atoms with Gasteiger partial charge in [0.05, 0.1) is 0 Å². The van der Waals surface area contributed by atoms with Crippen LogP contribution in [-0.4, -0.2) is 8.42 Å². The van der Waals surface area contributed by atoms with E-state index in [2.05, 4.69) is 4.72 Å². The number of nitrogens with one attached hydrogen (secondary N) is 1. The molecule has 0 saturated heterocycles. The van der Waals surface area contributed by atoms with Gasteiger partial charge in [-0.25, -0.2) is 17.5 Å². The van der Waals surface area contributed by atoms with Crippen LogP contribution >= 0.6 is 0 Å². The van der Waals surface area contributed by atoms with Crippen LogP contribution in [0, 0.1) is 12.7 Å². The molecule has 0 saturated carbocycles. The van der Waals surface area contributed by atoms with Crippen LogP contribution in [0.15, 0.2) is 47.4 Å². The zero-order valence-electron chi connectivity index (χ0n) is 10.9. The Morgan fingerprint density at radius 1 is 1.15 bits per heavy atom. The van der Waals surface area contributed by atoms with E-state index in [-0.39, 0.29) is 12.2 Å². The highest BCUT2D eigenvalue weighted by Crippen LogP contribution is 2.17. The fourth-order valence-electron chi connectivity index (χ4n) is 1.70. The third-order valence-corrected chi connectivity index (χ3v) is 4.27. The molecule has 0 fully saturated rings. The predicted octanol–water partition coefficient (Wildman–Crippen LogP) is 2.19. The monoisotopic (exact) mass is 294 g/mol. The van der Waals surface area contributed by atoms with Gasteiger partial charge in [-0.15, -0.1) is 0 Å². The van der Waals surface area contributed by atoms with Crippen molar-refractivity contribution in [2.75, 3.05) is 5.73 Å². The molecule has 2 aromatic carbocycles. The lowest BCUT2D eigenvalue weighted by Gasteiger charge is -2.08. The molecule has 6 heteroatoms. The maximum absolute atomic E-state index is 13.6. The summed E-state index contributed by atoms with van der Waals surface area (Å²) < 4.78 is 40.0. The number of nitrogen functional groups attached to an aromatic ring is 1. The molecule has 2 aromatic rings. The Hall–Kier alpha value is -1.92. The molecule has 0 aliphatic heterocycles. The second kappa shape index (κ2) is 5.60. The molecule has 0 heterocycles. The first-order valence-corrected chi connectivity index (χ1v) is 7.47. The van der Waals surface area contributed by atoms with Crippen molar-refractivity contribution in [3.05, 3.63) is 59.4 Å². The first-order chi connectivity index (χ1) is 9.38. The molecule has 106 valence electrons. The number of hydrogen-bond donors (Lipinski definition) is 2. The van der Waals surface area contributed by atoms with Gasteiger partial charge in [0, 0.05) is 12.2 Å². The zero-order chi connectivity index (χ0) is 14.8. The fraction of sp³-hybridized carbons (Fsp3) is 0.143. The molecule has 3 N–H and O–H groups in total. The van der Waals surface area contributed by atoms with E-state index in [1.165, 1.54) is 6.07 Å². The van der Waals surface area contributed by atoms with Gasteiger partial charge in [0.2, 0.25) is 10.0 Å². The van der Waals surface area contributed by atoms with Gasteiger partial charge in [-0.05, 0) is 30.7 Å². The Kier molecular flexibility index (Phi) is 4.06. The normalized spacial score (nSPS) is 11.5. The number of rotatable bonds is 4. The first-order valence-electron chi connectivity index (χ1n) is 5.99. The second-order valence-corrected chi connectivity index (χ2v) is 6.24. The summed E-state index contributed by atoms with van der Waals surface area (Å²) in [4.78, 5) is -0.404. The topological polar surface area (TPSA) is 72.2 Å². The van der Waals surface area contributed by atoms with Crippen LogP contribution in [0.1, 0.15) is 11.1 Å². The molecule has 0 unspecified atom stereocenters. The van der Waals surface area contributed by atoms with Gasteiger partial charge in [0.15, 0.2) is 0 Å². The van der Waals surface area contributed by atoms with Crippen LogP contribution < -0.4 is 10.5 Å². The Morgan fingerprint density at radius 2 is 1.80 bits per heavy atom. The summed E-state index contributed by atoms with van der Waals surface area (Å²) in [6, 6.07) is 10.9. The molecule has 20 heavy (non-hydrogen) atoms. The van der Waals surface area contributed by atoms with Crippen LogP contribution in [0.4, 0.5) is 10.1 Å². The molecular formula is C14H15FN2O2S. The Morgan fingerprint density at radius 3 is 2.40 bits per heavy atom. The van der Waals surface area contributed by atoms with E-state index in [1.54, 1.807) is 0 Å². The standard InChI is InChI=1S/C14H15FN2O2S/c1-10-2-4-11(5-3-10)9-17-20(18,19)14-7-6-12(16)8-13(14)15/h2-8,17H,9,16H2,1H3. The molecule has 0 aromatic heterocycles. The minimum absolute atomic E-state index is 0.104. The van der Waals surface area contributed by atoms with E-state index in [9.17, 15) is 12.8 Å². The summed E-state index contributed by atoms with van der Waals surface area (Å²) in [5, 5.41) is 0. The molecule has 4 nitrogen and oxygen atoms in total. The van der Waals surface area contributed by atoms with Crippen molar-refractivity contribution >= 4 is 15.7 Å². The summed E-state index contributed by atoms with van der Waals surface area (Å²) in [6.45, 7) is 2.05. The third-order valence-electron chi connectivity index (χ3n) is 2.83. The van der Waals surface area contributed by atoms with E-state index in [0.29, 0.717) is 0 Å². The van der Waals surface area contributed by atoms with Crippen molar-refractivity contribution in [2.45, 2.75) is 18.4 Å². The number of benzene rings is 2. The van der Waals surface area contributed by atoms with Crippen molar-refractivity contribution in [2.24, 2.45) is 0 Å². The molecule has 0 amide bonds. The summed E-state index contributed by atoms with van der Waals surface area (Å²) in [5.41, 5.74) is 7.46. The first kappa shape index (κ1) is 14.5. The number of aryl methyl sites for hydroxylation is 1. The predicted molar refractivity (Wildman–Crippen MR) is 76.0 cm³/mol. The Labute approximate surface area is 117 Å². The van der Waals surface area contributed by atoms with E-state index in [1.807, 2.05) is 31.2 Å². The molecule has 2 rings (SSSR count). The SMILES string of the molecule is Cc1ccc(CNS(=O)(=O)c2ccc(N)cc2F)cc1. The lowest BCUT2D eigenvalue weighted by atomic mass is 10.2. The van der Waals surface area contributed by atoms with Crippen LogP contribution in [-0.2, 0) is 16.6 Å². The lowest BCUT2D eigenvalue weighted by molar-refractivity contribution is 0.557. The highest BCUT2D eigenvalue weighted by Gasteiger charge is 2.18.